The van der Waals surface area contributed by atoms with E-state index in [-0.39, 0.29) is 0 Å². The van der Waals surface area contributed by atoms with E-state index in [0.29, 0.717) is 0 Å². The van der Waals surface area contributed by atoms with Crippen molar-refractivity contribution in [1.82, 2.24) is 21.7 Å². The molecule has 1 heterocycles. The number of benzene rings is 5. The molecule has 0 saturated carbocycles. The Morgan fingerprint density at radius 3 is 1.09 bits per heavy atom. The Hall–Kier alpha value is -2.76. The van der Waals surface area contributed by atoms with Crippen molar-refractivity contribution >= 4 is 43.1 Å². The summed E-state index contributed by atoms with van der Waals surface area (Å²) in [6, 6.07) is 26.4. The van der Waals surface area contributed by atoms with Crippen LogP contribution in [0, 0.1) is 0 Å². The van der Waals surface area contributed by atoms with Gasteiger partial charge in [-0.25, -0.2) is 0 Å². The maximum Gasteiger partial charge on any atom is 0.0112 e. The Labute approximate surface area is 189 Å². The summed E-state index contributed by atoms with van der Waals surface area (Å²) in [5.41, 5.74) is 12.8. The molecule has 4 nitrogen and oxygen atoms in total. The van der Waals surface area contributed by atoms with Gasteiger partial charge in [0.2, 0.25) is 0 Å². The minimum absolute atomic E-state index is 1.04. The molecule has 164 valence electrons. The second kappa shape index (κ2) is 10.2. The minimum atomic E-state index is 1.04. The molecule has 5 aromatic rings. The Kier molecular flexibility index (Phi) is 6.75. The number of rotatable bonds is 0. The lowest BCUT2D eigenvalue weighted by molar-refractivity contribution is 0.443. The van der Waals surface area contributed by atoms with Crippen molar-refractivity contribution in [3.05, 3.63) is 72.8 Å². The molecule has 1 fully saturated rings. The van der Waals surface area contributed by atoms with Crippen LogP contribution in [0.25, 0.3) is 43.1 Å². The van der Waals surface area contributed by atoms with E-state index in [9.17, 15) is 0 Å². The van der Waals surface area contributed by atoms with Crippen LogP contribution in [-0.2, 0) is 0 Å². The van der Waals surface area contributed by atoms with Crippen LogP contribution in [0.5, 0.6) is 0 Å². The van der Waals surface area contributed by atoms with Gasteiger partial charge in [0, 0.05) is 26.2 Å². The lowest BCUT2D eigenvalue weighted by Gasteiger charge is -2.13. The van der Waals surface area contributed by atoms with Crippen LogP contribution >= 0.6 is 0 Å². The number of hydrazine groups is 2. The highest BCUT2D eigenvalue weighted by Gasteiger charge is 2.11. The van der Waals surface area contributed by atoms with Gasteiger partial charge in [0.15, 0.2) is 0 Å². The molecule has 32 heavy (non-hydrogen) atoms. The normalized spacial score (nSPS) is 16.5. The van der Waals surface area contributed by atoms with Gasteiger partial charge in [0.25, 0.3) is 0 Å². The number of hydrogen-bond donors (Lipinski definition) is 4. The Morgan fingerprint density at radius 2 is 0.719 bits per heavy atom. The second-order valence-electron chi connectivity index (χ2n) is 8.54. The molecule has 0 radical (unpaired) electrons. The Bertz CT molecular complexity index is 1080. The monoisotopic (exact) mass is 424 g/mol. The molecule has 0 amide bonds. The highest BCUT2D eigenvalue weighted by atomic mass is 15.4. The van der Waals surface area contributed by atoms with E-state index in [0.717, 1.165) is 32.6 Å². The molecule has 5 aromatic carbocycles. The topological polar surface area (TPSA) is 48.1 Å². The van der Waals surface area contributed by atoms with Gasteiger partial charge in [-0.15, -0.1) is 0 Å². The van der Waals surface area contributed by atoms with Crippen LogP contribution < -0.4 is 21.7 Å². The van der Waals surface area contributed by atoms with Gasteiger partial charge in [0.1, 0.15) is 0 Å². The smallest absolute Gasteiger partial charge is 0.0112 e. The molecular weight excluding hydrogens is 392 g/mol. The highest BCUT2D eigenvalue weighted by molar-refractivity contribution is 6.32. The van der Waals surface area contributed by atoms with E-state index in [1.54, 1.807) is 0 Å². The van der Waals surface area contributed by atoms with Crippen LogP contribution in [0.3, 0.4) is 0 Å². The van der Waals surface area contributed by atoms with Gasteiger partial charge in [-0.05, 0) is 62.4 Å². The van der Waals surface area contributed by atoms with E-state index in [4.69, 9.17) is 0 Å². The molecule has 6 rings (SSSR count). The fraction of sp³-hybridized carbons (Fsp3) is 0.286. The van der Waals surface area contributed by atoms with Crippen molar-refractivity contribution < 1.29 is 0 Å². The van der Waals surface area contributed by atoms with Crippen LogP contribution in [0.4, 0.5) is 0 Å². The SMILES string of the molecule is C1CCNNCCCNNCC1.c1cc2cccc3c4cccc5cccc(c(c1)c23)c54. The van der Waals surface area contributed by atoms with Gasteiger partial charge in [-0.1, -0.05) is 79.2 Å². The van der Waals surface area contributed by atoms with Crippen molar-refractivity contribution in [3.8, 4) is 0 Å². The third kappa shape index (κ3) is 4.41. The van der Waals surface area contributed by atoms with E-state index >= 15 is 0 Å². The van der Waals surface area contributed by atoms with E-state index in [2.05, 4.69) is 94.5 Å². The molecule has 0 aliphatic carbocycles. The third-order valence-electron chi connectivity index (χ3n) is 6.35. The molecule has 1 aliphatic rings. The minimum Gasteiger partial charge on any atom is -0.258 e. The average molecular weight is 425 g/mol. The summed E-state index contributed by atoms with van der Waals surface area (Å²) in [5, 5.41) is 10.9. The van der Waals surface area contributed by atoms with Gasteiger partial charge < -0.3 is 0 Å². The highest BCUT2D eigenvalue weighted by Crippen LogP contribution is 2.39. The molecule has 0 bridgehead atoms. The second-order valence-corrected chi connectivity index (χ2v) is 8.54. The predicted molar refractivity (Wildman–Crippen MR) is 138 cm³/mol. The first-order chi connectivity index (χ1) is 15.9. The summed E-state index contributed by atoms with van der Waals surface area (Å²) in [5.74, 6) is 0. The van der Waals surface area contributed by atoms with E-state index in [1.807, 2.05) is 0 Å². The average Bonchev–Trinajstić information content (AvgIpc) is 2.83. The van der Waals surface area contributed by atoms with Crippen LogP contribution in [0.15, 0.2) is 72.8 Å². The maximum atomic E-state index is 3.20. The Balaban J connectivity index is 0.000000156. The lowest BCUT2D eigenvalue weighted by atomic mass is 9.90. The predicted octanol–water partition coefficient (Wildman–Crippen LogP) is 5.49. The summed E-state index contributed by atoms with van der Waals surface area (Å²) in [6.07, 6.45) is 4.96. The zero-order chi connectivity index (χ0) is 21.6. The molecule has 4 heteroatoms. The van der Waals surface area contributed by atoms with Crippen molar-refractivity contribution in [2.45, 2.75) is 25.7 Å². The summed E-state index contributed by atoms with van der Waals surface area (Å²) >= 11 is 0. The maximum absolute atomic E-state index is 3.20. The number of fused-ring (bicyclic) bond motifs is 2. The molecule has 0 spiro atoms. The van der Waals surface area contributed by atoms with E-state index in [1.165, 1.54) is 62.4 Å². The summed E-state index contributed by atoms with van der Waals surface area (Å²) < 4.78 is 0. The molecule has 1 aliphatic heterocycles. The molecule has 0 aromatic heterocycles. The van der Waals surface area contributed by atoms with Gasteiger partial charge in [0.05, 0.1) is 0 Å². The first kappa shape index (κ1) is 21.1. The lowest BCUT2D eigenvalue weighted by Crippen LogP contribution is -2.38. The zero-order valence-electron chi connectivity index (χ0n) is 18.6. The van der Waals surface area contributed by atoms with Gasteiger partial charge in [-0.2, -0.15) is 0 Å². The first-order valence-electron chi connectivity index (χ1n) is 11.9. The molecule has 1 saturated heterocycles. The van der Waals surface area contributed by atoms with Crippen molar-refractivity contribution in [2.75, 3.05) is 26.2 Å². The zero-order valence-corrected chi connectivity index (χ0v) is 18.6. The third-order valence-corrected chi connectivity index (χ3v) is 6.35. The fourth-order valence-electron chi connectivity index (χ4n) is 4.80. The van der Waals surface area contributed by atoms with Gasteiger partial charge >= 0.3 is 0 Å². The summed E-state index contributed by atoms with van der Waals surface area (Å²) in [6.45, 7) is 4.25. The largest absolute Gasteiger partial charge is 0.258 e. The van der Waals surface area contributed by atoms with Crippen molar-refractivity contribution in [1.29, 1.82) is 0 Å². The standard InChI is InChI=1S/C20H12.C8H20N4/c1-5-13-6-2-11-17-18-12-4-8-14-7-3-10-16(20(14)18)15(9-1)19(13)17;1-2-5-9-11-7-4-8-12-10-6-3-1/h1-12H;9-12H,1-8H2. The van der Waals surface area contributed by atoms with E-state index < -0.39 is 0 Å². The van der Waals surface area contributed by atoms with Crippen LogP contribution in [0.2, 0.25) is 0 Å². The molecule has 4 N–H and O–H groups in total. The molecule has 0 unspecified atom stereocenters. The fourth-order valence-corrected chi connectivity index (χ4v) is 4.80. The summed E-state index contributed by atoms with van der Waals surface area (Å²) in [4.78, 5) is 0. The van der Waals surface area contributed by atoms with Crippen molar-refractivity contribution in [3.63, 3.8) is 0 Å². The first-order valence-corrected chi connectivity index (χ1v) is 11.9. The number of nitrogens with one attached hydrogen (secondary N) is 4. The van der Waals surface area contributed by atoms with Crippen LogP contribution in [-0.4, -0.2) is 26.2 Å². The van der Waals surface area contributed by atoms with Crippen LogP contribution in [0.1, 0.15) is 25.7 Å². The van der Waals surface area contributed by atoms with Crippen molar-refractivity contribution in [2.24, 2.45) is 0 Å². The number of hydrogen-bond acceptors (Lipinski definition) is 4. The molecule has 0 atom stereocenters. The Morgan fingerprint density at radius 1 is 0.375 bits per heavy atom. The quantitative estimate of drug-likeness (QED) is 0.196. The molecular formula is C28H32N4. The van der Waals surface area contributed by atoms with Gasteiger partial charge in [-0.3, -0.25) is 21.7 Å². The summed E-state index contributed by atoms with van der Waals surface area (Å²) in [7, 11) is 0.